The number of rotatable bonds is 8. The molecule has 3 N–H and O–H groups in total. The molecule has 2 aliphatic heterocycles. The van der Waals surface area contributed by atoms with E-state index in [9.17, 15) is 14.4 Å². The summed E-state index contributed by atoms with van der Waals surface area (Å²) in [6, 6.07) is 13.0. The lowest BCUT2D eigenvalue weighted by Gasteiger charge is -2.30. The fourth-order valence-corrected chi connectivity index (χ4v) is 6.91. The first-order valence-electron chi connectivity index (χ1n) is 18.3. The Morgan fingerprint density at radius 1 is 0.870 bits per heavy atom. The van der Waals surface area contributed by atoms with E-state index in [1.807, 2.05) is 82.1 Å². The van der Waals surface area contributed by atoms with Crippen LogP contribution in [0.5, 0.6) is 0 Å². The zero-order valence-corrected chi connectivity index (χ0v) is 31.4. The highest BCUT2D eigenvalue weighted by Crippen LogP contribution is 2.33. The number of hydrogen-bond donors (Lipinski definition) is 3. The van der Waals surface area contributed by atoms with Crippen LogP contribution in [0, 0.1) is 5.92 Å². The second kappa shape index (κ2) is 14.8. The molecule has 2 aromatic carbocycles. The Balaban J connectivity index is 1.02. The molecule has 15 heteroatoms. The summed E-state index contributed by atoms with van der Waals surface area (Å²) in [7, 11) is 1.29. The zero-order chi connectivity index (χ0) is 38.1. The second-order valence-corrected chi connectivity index (χ2v) is 15.0. The van der Waals surface area contributed by atoms with E-state index in [4.69, 9.17) is 24.4 Å². The van der Waals surface area contributed by atoms with Crippen LogP contribution in [0.25, 0.3) is 44.8 Å². The molecule has 5 heterocycles. The van der Waals surface area contributed by atoms with Gasteiger partial charge in [0.15, 0.2) is 0 Å². The number of H-pyrrole nitrogens is 2. The zero-order valence-electron chi connectivity index (χ0n) is 31.4. The van der Waals surface area contributed by atoms with Crippen LogP contribution in [0.1, 0.15) is 65.7 Å². The summed E-state index contributed by atoms with van der Waals surface area (Å²) < 4.78 is 10.4. The van der Waals surface area contributed by atoms with Gasteiger partial charge in [0.05, 0.1) is 59.9 Å². The molecule has 2 fully saturated rings. The normalized spacial score (nSPS) is 16.6. The Morgan fingerprint density at radius 3 is 2.26 bits per heavy atom. The van der Waals surface area contributed by atoms with Crippen molar-refractivity contribution in [2.45, 2.75) is 71.6 Å². The van der Waals surface area contributed by atoms with E-state index in [1.54, 1.807) is 28.5 Å². The molecule has 0 unspecified atom stereocenters. The van der Waals surface area contributed by atoms with Crippen molar-refractivity contribution in [2.24, 2.45) is 5.92 Å². The summed E-state index contributed by atoms with van der Waals surface area (Å²) in [5.41, 5.74) is 6.04. The van der Waals surface area contributed by atoms with Gasteiger partial charge in [-0.05, 0) is 63.6 Å². The van der Waals surface area contributed by atoms with Crippen molar-refractivity contribution in [1.82, 2.24) is 45.1 Å². The molecule has 0 saturated carbocycles. The minimum Gasteiger partial charge on any atom is -0.453 e. The molecule has 2 aliphatic rings. The third kappa shape index (κ3) is 7.56. The Bertz CT molecular complexity index is 2140. The number of hydrogen-bond acceptors (Lipinski definition) is 10. The lowest BCUT2D eigenvalue weighted by atomic mass is 10.0. The van der Waals surface area contributed by atoms with Crippen molar-refractivity contribution in [3.8, 4) is 33.8 Å². The Hall–Kier alpha value is -5.99. The molecule has 7 rings (SSSR count). The number of aromatic nitrogens is 6. The van der Waals surface area contributed by atoms with E-state index >= 15 is 0 Å². The van der Waals surface area contributed by atoms with Crippen molar-refractivity contribution in [3.05, 3.63) is 66.9 Å². The number of aromatic amines is 2. The molecule has 0 spiro atoms. The van der Waals surface area contributed by atoms with Crippen molar-refractivity contribution < 1.29 is 23.9 Å². The number of ether oxygens (including phenoxy) is 2. The standard InChI is InChI=1S/C39H46N10O5/c1-23(2)33(46-37(51)53-6)35(50)47-16-7-9-32(47)34-42-22-31(43-34)25-12-10-24(11-13-25)29-20-41-30(21-40-29)26-14-15-27-28(19-26)45-36(44-27)48-17-8-18-49(48)38(52)54-39(3,4)5/h10-15,19-23,32-33H,7-9,16-18H2,1-6H3,(H,42,43)(H,44,45)(H,46,51)/t32-,33-/m0/s1. The van der Waals surface area contributed by atoms with Gasteiger partial charge in [0.2, 0.25) is 11.9 Å². The van der Waals surface area contributed by atoms with Gasteiger partial charge in [-0.3, -0.25) is 14.8 Å². The average Bonchev–Trinajstić information content (AvgIpc) is 3.98. The maximum absolute atomic E-state index is 13.5. The van der Waals surface area contributed by atoms with Crippen LogP contribution < -0.4 is 10.3 Å². The van der Waals surface area contributed by atoms with Gasteiger partial charge in [-0.2, -0.15) is 0 Å². The molecule has 2 saturated heterocycles. The van der Waals surface area contributed by atoms with Crippen LogP contribution >= 0.6 is 0 Å². The topological polar surface area (TPSA) is 175 Å². The predicted octanol–water partition coefficient (Wildman–Crippen LogP) is 6.48. The largest absolute Gasteiger partial charge is 0.453 e. The molecule has 15 nitrogen and oxygen atoms in total. The maximum atomic E-state index is 13.5. The molecule has 2 atom stereocenters. The molecule has 0 bridgehead atoms. The minimum absolute atomic E-state index is 0.106. The number of nitrogens with zero attached hydrogens (tertiary/aromatic N) is 7. The summed E-state index contributed by atoms with van der Waals surface area (Å²) in [5, 5.41) is 6.12. The van der Waals surface area contributed by atoms with Crippen LogP contribution in [-0.4, -0.2) is 96.3 Å². The van der Waals surface area contributed by atoms with Gasteiger partial charge in [0.25, 0.3) is 0 Å². The van der Waals surface area contributed by atoms with Crippen LogP contribution in [0.15, 0.2) is 61.1 Å². The number of hydrazine groups is 1. The first-order chi connectivity index (χ1) is 25.9. The van der Waals surface area contributed by atoms with Gasteiger partial charge in [0, 0.05) is 30.8 Å². The number of anilines is 1. The summed E-state index contributed by atoms with van der Waals surface area (Å²) in [5.74, 6) is 1.05. The van der Waals surface area contributed by atoms with E-state index in [2.05, 4.69) is 20.3 Å². The fourth-order valence-electron chi connectivity index (χ4n) is 6.91. The number of carbonyl (C=O) groups is 3. The first kappa shape index (κ1) is 36.4. The lowest BCUT2D eigenvalue weighted by molar-refractivity contribution is -0.135. The molecular formula is C39H46N10O5. The van der Waals surface area contributed by atoms with Gasteiger partial charge in [-0.15, -0.1) is 0 Å². The Kier molecular flexibility index (Phi) is 9.97. The number of alkyl carbamates (subject to hydrolysis) is 1. The van der Waals surface area contributed by atoms with E-state index < -0.39 is 23.8 Å². The highest BCUT2D eigenvalue weighted by Gasteiger charge is 2.37. The number of methoxy groups -OCH3 is 1. The maximum Gasteiger partial charge on any atom is 0.429 e. The predicted molar refractivity (Wildman–Crippen MR) is 203 cm³/mol. The van der Waals surface area contributed by atoms with Crippen molar-refractivity contribution in [1.29, 1.82) is 0 Å². The van der Waals surface area contributed by atoms with E-state index in [-0.39, 0.29) is 17.9 Å². The monoisotopic (exact) mass is 734 g/mol. The van der Waals surface area contributed by atoms with Crippen molar-refractivity contribution in [3.63, 3.8) is 0 Å². The Morgan fingerprint density at radius 2 is 1.57 bits per heavy atom. The summed E-state index contributed by atoms with van der Waals surface area (Å²) in [4.78, 5) is 65.7. The fraction of sp³-hybridized carbons (Fsp3) is 0.410. The molecule has 54 heavy (non-hydrogen) atoms. The number of fused-ring (bicyclic) bond motifs is 1. The SMILES string of the molecule is COC(=O)N[C@H](C(=O)N1CCC[C@H]1c1ncc(-c2ccc(-c3cnc(-c4ccc5nc(N6CCCN6C(=O)OC(C)(C)C)[nH]c5c4)cn3)cc2)[nH]1)C(C)C. The number of carbonyl (C=O) groups excluding carboxylic acids is 3. The van der Waals surface area contributed by atoms with Gasteiger partial charge in [-0.1, -0.05) is 44.2 Å². The number of imidazole rings is 2. The Labute approximate surface area is 313 Å². The van der Waals surface area contributed by atoms with Crippen LogP contribution in [0.4, 0.5) is 15.5 Å². The highest BCUT2D eigenvalue weighted by molar-refractivity contribution is 5.86. The number of amides is 3. The highest BCUT2D eigenvalue weighted by atomic mass is 16.6. The minimum atomic E-state index is -0.689. The quantitative estimate of drug-likeness (QED) is 0.160. The lowest BCUT2D eigenvalue weighted by Crippen LogP contribution is -2.51. The van der Waals surface area contributed by atoms with Crippen LogP contribution in [-0.2, 0) is 14.3 Å². The molecule has 5 aromatic rings. The smallest absolute Gasteiger partial charge is 0.429 e. The van der Waals surface area contributed by atoms with Crippen LogP contribution in [0.2, 0.25) is 0 Å². The van der Waals surface area contributed by atoms with E-state index in [0.717, 1.165) is 64.1 Å². The average molecular weight is 735 g/mol. The third-order valence-electron chi connectivity index (χ3n) is 9.63. The third-order valence-corrected chi connectivity index (χ3v) is 9.63. The molecule has 0 aliphatic carbocycles. The number of nitrogens with one attached hydrogen (secondary N) is 3. The molecule has 282 valence electrons. The number of benzene rings is 2. The van der Waals surface area contributed by atoms with E-state index in [0.29, 0.717) is 31.4 Å². The van der Waals surface area contributed by atoms with Crippen LogP contribution in [0.3, 0.4) is 0 Å². The van der Waals surface area contributed by atoms with Crippen molar-refractivity contribution in [2.75, 3.05) is 31.8 Å². The van der Waals surface area contributed by atoms with Gasteiger partial charge in [0.1, 0.15) is 17.5 Å². The summed E-state index contributed by atoms with van der Waals surface area (Å²) >= 11 is 0. The first-order valence-corrected chi connectivity index (χ1v) is 18.3. The van der Waals surface area contributed by atoms with Gasteiger partial charge in [-0.25, -0.2) is 29.6 Å². The molecule has 3 amide bonds. The second-order valence-electron chi connectivity index (χ2n) is 15.0. The molecule has 0 radical (unpaired) electrons. The van der Waals surface area contributed by atoms with Crippen molar-refractivity contribution >= 4 is 35.1 Å². The number of likely N-dealkylation sites (tertiary alicyclic amines) is 1. The summed E-state index contributed by atoms with van der Waals surface area (Å²) in [6.45, 7) is 11.2. The molecule has 3 aromatic heterocycles. The van der Waals surface area contributed by atoms with Gasteiger partial charge >= 0.3 is 12.2 Å². The molecular weight excluding hydrogens is 688 g/mol. The summed E-state index contributed by atoms with van der Waals surface area (Å²) in [6.07, 6.45) is 6.72. The van der Waals surface area contributed by atoms with E-state index in [1.165, 1.54) is 7.11 Å². The van der Waals surface area contributed by atoms with Gasteiger partial charge < -0.3 is 29.7 Å².